The maximum absolute atomic E-state index is 5.31. The van der Waals surface area contributed by atoms with E-state index in [-0.39, 0.29) is 0 Å². The maximum Gasteiger partial charge on any atom is 0.0593 e. The van der Waals surface area contributed by atoms with Crippen LogP contribution < -0.4 is 5.32 Å². The van der Waals surface area contributed by atoms with Crippen LogP contribution in [0, 0.1) is 0 Å². The summed E-state index contributed by atoms with van der Waals surface area (Å²) >= 11 is 0. The fourth-order valence-electron chi connectivity index (χ4n) is 1.46. The van der Waals surface area contributed by atoms with Crippen LogP contribution in [0.3, 0.4) is 0 Å². The number of rotatable bonds is 9. The monoisotopic (exact) mass is 212 g/mol. The van der Waals surface area contributed by atoms with Crippen LogP contribution >= 0.6 is 0 Å². The summed E-state index contributed by atoms with van der Waals surface area (Å²) in [6, 6.07) is 0.774. The summed E-state index contributed by atoms with van der Waals surface area (Å²) in [5.74, 6) is 0. The van der Waals surface area contributed by atoms with Crippen molar-refractivity contribution >= 4 is 0 Å². The van der Waals surface area contributed by atoms with Gasteiger partial charge in [0.05, 0.1) is 6.61 Å². The Balaban J connectivity index is 1.96. The van der Waals surface area contributed by atoms with Crippen LogP contribution in [0.1, 0.15) is 19.8 Å². The van der Waals surface area contributed by atoms with E-state index in [4.69, 9.17) is 4.74 Å². The number of hydrogen-bond acceptors (Lipinski definition) is 3. The Morgan fingerprint density at radius 3 is 2.87 bits per heavy atom. The van der Waals surface area contributed by atoms with Crippen molar-refractivity contribution in [3.63, 3.8) is 0 Å². The van der Waals surface area contributed by atoms with Gasteiger partial charge in [-0.25, -0.2) is 0 Å². The van der Waals surface area contributed by atoms with Gasteiger partial charge in [-0.1, -0.05) is 6.58 Å². The standard InChI is InChI=1S/C12H24N2O/c1-4-15-8-7-14(3)10-11(2)9-13-12-5-6-12/h12-13H,2,4-10H2,1,3H3. The lowest BCUT2D eigenvalue weighted by Crippen LogP contribution is -2.29. The number of nitrogens with zero attached hydrogens (tertiary/aromatic N) is 1. The average Bonchev–Trinajstić information content (AvgIpc) is 2.98. The molecule has 0 aliphatic heterocycles. The van der Waals surface area contributed by atoms with E-state index in [1.54, 1.807) is 0 Å². The summed E-state index contributed by atoms with van der Waals surface area (Å²) in [6.07, 6.45) is 2.68. The molecule has 1 fully saturated rings. The van der Waals surface area contributed by atoms with Crippen LogP contribution in [0.4, 0.5) is 0 Å². The summed E-state index contributed by atoms with van der Waals surface area (Å²) in [6.45, 7) is 10.6. The third-order valence-electron chi connectivity index (χ3n) is 2.53. The molecule has 0 bridgehead atoms. The minimum Gasteiger partial charge on any atom is -0.380 e. The third-order valence-corrected chi connectivity index (χ3v) is 2.53. The average molecular weight is 212 g/mol. The molecule has 0 atom stereocenters. The Hall–Kier alpha value is -0.380. The summed E-state index contributed by atoms with van der Waals surface area (Å²) < 4.78 is 5.31. The molecule has 1 N–H and O–H groups in total. The molecule has 0 unspecified atom stereocenters. The van der Waals surface area contributed by atoms with Gasteiger partial charge in [0.2, 0.25) is 0 Å². The van der Waals surface area contributed by atoms with Crippen molar-refractivity contribution in [2.45, 2.75) is 25.8 Å². The zero-order valence-corrected chi connectivity index (χ0v) is 10.1. The molecule has 3 nitrogen and oxygen atoms in total. The number of hydrogen-bond donors (Lipinski definition) is 1. The second-order valence-electron chi connectivity index (χ2n) is 4.34. The molecular weight excluding hydrogens is 188 g/mol. The van der Waals surface area contributed by atoms with Gasteiger partial charge in [-0.2, -0.15) is 0 Å². The van der Waals surface area contributed by atoms with E-state index in [0.29, 0.717) is 0 Å². The lowest BCUT2D eigenvalue weighted by Gasteiger charge is -2.18. The highest BCUT2D eigenvalue weighted by Gasteiger charge is 2.20. The van der Waals surface area contributed by atoms with Gasteiger partial charge < -0.3 is 15.0 Å². The predicted molar refractivity (Wildman–Crippen MR) is 64.2 cm³/mol. The molecule has 0 heterocycles. The molecule has 0 spiro atoms. The number of likely N-dealkylation sites (N-methyl/N-ethyl adjacent to an activating group) is 1. The third kappa shape index (κ3) is 6.66. The van der Waals surface area contributed by atoms with Gasteiger partial charge in [-0.3, -0.25) is 0 Å². The summed E-state index contributed by atoms with van der Waals surface area (Å²) in [5.41, 5.74) is 1.26. The van der Waals surface area contributed by atoms with Gasteiger partial charge in [0.15, 0.2) is 0 Å². The van der Waals surface area contributed by atoms with Crippen molar-refractivity contribution < 1.29 is 4.74 Å². The first-order chi connectivity index (χ1) is 7.22. The predicted octanol–water partition coefficient (Wildman–Crippen LogP) is 1.26. The fraction of sp³-hybridized carbons (Fsp3) is 0.833. The van der Waals surface area contributed by atoms with E-state index in [9.17, 15) is 0 Å². The molecule has 88 valence electrons. The largest absolute Gasteiger partial charge is 0.380 e. The summed E-state index contributed by atoms with van der Waals surface area (Å²) in [4.78, 5) is 2.26. The molecule has 0 aromatic carbocycles. The van der Waals surface area contributed by atoms with Crippen molar-refractivity contribution in [3.05, 3.63) is 12.2 Å². The normalized spacial score (nSPS) is 15.9. The molecule has 1 rings (SSSR count). The highest BCUT2D eigenvalue weighted by Crippen LogP contribution is 2.18. The molecule has 1 saturated carbocycles. The Bertz CT molecular complexity index is 190. The van der Waals surface area contributed by atoms with Gasteiger partial charge in [-0.05, 0) is 32.4 Å². The van der Waals surface area contributed by atoms with E-state index in [1.165, 1.54) is 18.4 Å². The van der Waals surface area contributed by atoms with Gasteiger partial charge in [0.1, 0.15) is 0 Å². The van der Waals surface area contributed by atoms with Crippen molar-refractivity contribution in [3.8, 4) is 0 Å². The lowest BCUT2D eigenvalue weighted by molar-refractivity contribution is 0.125. The van der Waals surface area contributed by atoms with Gasteiger partial charge in [-0.15, -0.1) is 0 Å². The van der Waals surface area contributed by atoms with Gasteiger partial charge >= 0.3 is 0 Å². The molecule has 3 heteroatoms. The minimum absolute atomic E-state index is 0.774. The van der Waals surface area contributed by atoms with Crippen LogP contribution in [0.25, 0.3) is 0 Å². The van der Waals surface area contributed by atoms with Crippen molar-refractivity contribution in [2.75, 3.05) is 39.9 Å². The first-order valence-electron chi connectivity index (χ1n) is 5.88. The maximum atomic E-state index is 5.31. The highest BCUT2D eigenvalue weighted by atomic mass is 16.5. The van der Waals surface area contributed by atoms with Crippen molar-refractivity contribution in [2.24, 2.45) is 0 Å². The number of ether oxygens (including phenoxy) is 1. The molecule has 0 aromatic heterocycles. The molecule has 0 amide bonds. The lowest BCUT2D eigenvalue weighted by atomic mass is 10.3. The topological polar surface area (TPSA) is 24.5 Å². The molecule has 0 saturated heterocycles. The summed E-state index contributed by atoms with van der Waals surface area (Å²) in [5, 5.41) is 3.47. The zero-order chi connectivity index (χ0) is 11.1. The quantitative estimate of drug-likeness (QED) is 0.460. The van der Waals surface area contributed by atoms with E-state index < -0.39 is 0 Å². The van der Waals surface area contributed by atoms with Crippen LogP contribution in [-0.4, -0.2) is 50.8 Å². The van der Waals surface area contributed by atoms with Crippen LogP contribution in [-0.2, 0) is 4.74 Å². The second kappa shape index (κ2) is 6.99. The van der Waals surface area contributed by atoms with Gasteiger partial charge in [0.25, 0.3) is 0 Å². The van der Waals surface area contributed by atoms with Crippen LogP contribution in [0.5, 0.6) is 0 Å². The fourth-order valence-corrected chi connectivity index (χ4v) is 1.46. The van der Waals surface area contributed by atoms with E-state index >= 15 is 0 Å². The van der Waals surface area contributed by atoms with E-state index in [0.717, 1.165) is 38.9 Å². The Labute approximate surface area is 93.5 Å². The molecular formula is C12H24N2O. The molecule has 0 aromatic rings. The van der Waals surface area contributed by atoms with Gasteiger partial charge in [0, 0.05) is 32.3 Å². The zero-order valence-electron chi connectivity index (χ0n) is 10.1. The SMILES string of the molecule is C=C(CNC1CC1)CN(C)CCOCC. The second-order valence-corrected chi connectivity index (χ2v) is 4.34. The first kappa shape index (κ1) is 12.7. The molecule has 15 heavy (non-hydrogen) atoms. The minimum atomic E-state index is 0.774. The molecule has 0 radical (unpaired) electrons. The van der Waals surface area contributed by atoms with Crippen molar-refractivity contribution in [1.29, 1.82) is 0 Å². The van der Waals surface area contributed by atoms with Crippen molar-refractivity contribution in [1.82, 2.24) is 10.2 Å². The highest BCUT2D eigenvalue weighted by molar-refractivity contribution is 5.01. The Morgan fingerprint density at radius 2 is 2.27 bits per heavy atom. The molecule has 1 aliphatic carbocycles. The smallest absolute Gasteiger partial charge is 0.0593 e. The van der Waals surface area contributed by atoms with Crippen LogP contribution in [0.2, 0.25) is 0 Å². The van der Waals surface area contributed by atoms with E-state index in [1.807, 2.05) is 6.92 Å². The van der Waals surface area contributed by atoms with Crippen LogP contribution in [0.15, 0.2) is 12.2 Å². The molecule has 1 aliphatic rings. The Morgan fingerprint density at radius 1 is 1.53 bits per heavy atom. The number of nitrogens with one attached hydrogen (secondary N) is 1. The summed E-state index contributed by atoms with van der Waals surface area (Å²) in [7, 11) is 2.11. The first-order valence-corrected chi connectivity index (χ1v) is 5.88. The Kier molecular flexibility index (Phi) is 5.91. The van der Waals surface area contributed by atoms with E-state index in [2.05, 4.69) is 23.8 Å².